The molecule has 0 spiro atoms. The summed E-state index contributed by atoms with van der Waals surface area (Å²) in [7, 11) is -3.45. The van der Waals surface area contributed by atoms with Gasteiger partial charge in [0, 0.05) is 32.4 Å². The molecule has 1 aliphatic heterocycles. The lowest BCUT2D eigenvalue weighted by Crippen LogP contribution is -2.31. The van der Waals surface area contributed by atoms with Crippen molar-refractivity contribution in [3.63, 3.8) is 0 Å². The summed E-state index contributed by atoms with van der Waals surface area (Å²) in [6.45, 7) is 8.21. The minimum atomic E-state index is -3.45. The third-order valence-corrected chi connectivity index (χ3v) is 5.99. The van der Waals surface area contributed by atoms with Crippen molar-refractivity contribution >= 4 is 10.0 Å². The van der Waals surface area contributed by atoms with E-state index in [4.69, 9.17) is 5.11 Å². The highest BCUT2D eigenvalue weighted by Gasteiger charge is 2.38. The van der Waals surface area contributed by atoms with Crippen LogP contribution < -0.4 is 0 Å². The van der Waals surface area contributed by atoms with Crippen LogP contribution in [0, 0.1) is 11.3 Å². The summed E-state index contributed by atoms with van der Waals surface area (Å²) in [6, 6.07) is 0. The van der Waals surface area contributed by atoms with E-state index in [0.717, 1.165) is 6.42 Å². The van der Waals surface area contributed by atoms with Gasteiger partial charge in [0.05, 0.1) is 6.20 Å². The van der Waals surface area contributed by atoms with Crippen LogP contribution in [0.15, 0.2) is 17.3 Å². The third kappa shape index (κ3) is 3.64. The van der Waals surface area contributed by atoms with Gasteiger partial charge in [-0.25, -0.2) is 8.42 Å². The van der Waals surface area contributed by atoms with Crippen molar-refractivity contribution in [2.24, 2.45) is 11.3 Å². The Bertz CT molecular complexity index is 575. The van der Waals surface area contributed by atoms with Crippen LogP contribution in [0.1, 0.15) is 33.6 Å². The molecule has 120 valence electrons. The average Bonchev–Trinajstić information content (AvgIpc) is 3.05. The molecule has 1 N–H and O–H groups in total. The van der Waals surface area contributed by atoms with E-state index in [1.54, 1.807) is 15.2 Å². The van der Waals surface area contributed by atoms with Gasteiger partial charge in [-0.3, -0.25) is 4.68 Å². The van der Waals surface area contributed by atoms with Crippen LogP contribution in [0.4, 0.5) is 0 Å². The van der Waals surface area contributed by atoms with Crippen molar-refractivity contribution in [2.75, 3.05) is 19.7 Å². The van der Waals surface area contributed by atoms with Gasteiger partial charge >= 0.3 is 0 Å². The lowest BCUT2D eigenvalue weighted by Gasteiger charge is -2.26. The van der Waals surface area contributed by atoms with Gasteiger partial charge in [-0.2, -0.15) is 9.40 Å². The lowest BCUT2D eigenvalue weighted by atomic mass is 9.80. The van der Waals surface area contributed by atoms with Gasteiger partial charge in [0.15, 0.2) is 0 Å². The van der Waals surface area contributed by atoms with Crippen LogP contribution in [0.3, 0.4) is 0 Å². The van der Waals surface area contributed by atoms with Gasteiger partial charge in [0.1, 0.15) is 4.90 Å². The van der Waals surface area contributed by atoms with Crippen LogP contribution in [0.2, 0.25) is 0 Å². The maximum Gasteiger partial charge on any atom is 0.246 e. The molecule has 1 aromatic heterocycles. The van der Waals surface area contributed by atoms with E-state index in [2.05, 4.69) is 25.9 Å². The molecule has 0 radical (unpaired) electrons. The smallest absolute Gasteiger partial charge is 0.246 e. The molecule has 1 fully saturated rings. The molecule has 1 saturated heterocycles. The first-order valence-corrected chi connectivity index (χ1v) is 8.82. The fourth-order valence-electron chi connectivity index (χ4n) is 2.64. The van der Waals surface area contributed by atoms with Crippen molar-refractivity contribution in [1.29, 1.82) is 0 Å². The van der Waals surface area contributed by atoms with Gasteiger partial charge in [0.25, 0.3) is 0 Å². The molecule has 0 bridgehead atoms. The Morgan fingerprint density at radius 3 is 2.71 bits per heavy atom. The van der Waals surface area contributed by atoms with Gasteiger partial charge in [-0.05, 0) is 24.2 Å². The average molecular weight is 315 g/mol. The summed E-state index contributed by atoms with van der Waals surface area (Å²) in [6.07, 6.45) is 4.42. The first-order valence-electron chi connectivity index (χ1n) is 7.38. The van der Waals surface area contributed by atoms with E-state index in [1.807, 2.05) is 0 Å². The van der Waals surface area contributed by atoms with Crippen LogP contribution in [0.25, 0.3) is 0 Å². The predicted molar refractivity (Wildman–Crippen MR) is 80.3 cm³/mol. The minimum Gasteiger partial charge on any atom is -0.396 e. The molecule has 0 saturated carbocycles. The summed E-state index contributed by atoms with van der Waals surface area (Å²) < 4.78 is 28.4. The number of hydrogen-bond donors (Lipinski definition) is 1. The summed E-state index contributed by atoms with van der Waals surface area (Å²) in [5, 5.41) is 12.9. The van der Waals surface area contributed by atoms with Gasteiger partial charge < -0.3 is 5.11 Å². The van der Waals surface area contributed by atoms with E-state index in [-0.39, 0.29) is 16.9 Å². The first-order chi connectivity index (χ1) is 9.75. The Morgan fingerprint density at radius 1 is 1.43 bits per heavy atom. The number of aliphatic hydroxyl groups is 1. The fraction of sp³-hybridized carbons (Fsp3) is 0.786. The number of aryl methyl sites for hydroxylation is 1. The molecule has 6 nitrogen and oxygen atoms in total. The highest BCUT2D eigenvalue weighted by Crippen LogP contribution is 2.35. The molecule has 21 heavy (non-hydrogen) atoms. The van der Waals surface area contributed by atoms with Crippen LogP contribution in [0.5, 0.6) is 0 Å². The van der Waals surface area contributed by atoms with E-state index in [0.29, 0.717) is 32.0 Å². The zero-order valence-electron chi connectivity index (χ0n) is 13.0. The zero-order chi connectivity index (χ0) is 15.7. The van der Waals surface area contributed by atoms with Crippen LogP contribution in [-0.2, 0) is 16.6 Å². The minimum absolute atomic E-state index is 0.0708. The molecule has 0 amide bonds. The van der Waals surface area contributed by atoms with Gasteiger partial charge in [-0.15, -0.1) is 0 Å². The molecule has 1 atom stereocenters. The molecule has 1 unspecified atom stereocenters. The third-order valence-electron chi connectivity index (χ3n) is 4.17. The number of nitrogens with zero attached hydrogens (tertiary/aromatic N) is 3. The lowest BCUT2D eigenvalue weighted by molar-refractivity contribution is 0.252. The molecule has 0 aliphatic carbocycles. The zero-order valence-corrected chi connectivity index (χ0v) is 13.8. The monoisotopic (exact) mass is 315 g/mol. The van der Waals surface area contributed by atoms with Crippen molar-refractivity contribution in [1.82, 2.24) is 14.1 Å². The number of aromatic nitrogens is 2. The predicted octanol–water partition coefficient (Wildman–Crippen LogP) is 1.32. The highest BCUT2D eigenvalue weighted by molar-refractivity contribution is 7.89. The molecule has 2 heterocycles. The normalized spacial score (nSPS) is 21.0. The Labute approximate surface area is 126 Å². The number of aliphatic hydroxyl groups excluding tert-OH is 1. The second-order valence-corrected chi connectivity index (χ2v) is 8.67. The highest BCUT2D eigenvalue weighted by atomic mass is 32.2. The fourth-order valence-corrected chi connectivity index (χ4v) is 4.09. The van der Waals surface area contributed by atoms with E-state index in [9.17, 15) is 8.42 Å². The summed E-state index contributed by atoms with van der Waals surface area (Å²) >= 11 is 0. The largest absolute Gasteiger partial charge is 0.396 e. The maximum absolute atomic E-state index is 12.6. The quantitative estimate of drug-likeness (QED) is 0.889. The Balaban J connectivity index is 2.10. The molecule has 7 heteroatoms. The van der Waals surface area contributed by atoms with Crippen LogP contribution in [-0.4, -0.2) is 47.3 Å². The second-order valence-electron chi connectivity index (χ2n) is 6.73. The van der Waals surface area contributed by atoms with Gasteiger partial charge in [-0.1, -0.05) is 20.8 Å². The number of rotatable bonds is 5. The molecular weight excluding hydrogens is 290 g/mol. The SMILES string of the molecule is CC(C)(C)C1CCN(S(=O)(=O)c2cnn(CCCO)c2)C1. The second kappa shape index (κ2) is 6.06. The van der Waals surface area contributed by atoms with Crippen molar-refractivity contribution in [3.05, 3.63) is 12.4 Å². The van der Waals surface area contributed by atoms with E-state index < -0.39 is 10.0 Å². The van der Waals surface area contributed by atoms with Crippen molar-refractivity contribution in [2.45, 2.75) is 45.1 Å². The number of sulfonamides is 1. The first kappa shape index (κ1) is 16.5. The van der Waals surface area contributed by atoms with Gasteiger partial charge in [0.2, 0.25) is 10.0 Å². The molecule has 1 aliphatic rings. The van der Waals surface area contributed by atoms with Crippen molar-refractivity contribution in [3.8, 4) is 0 Å². The standard InChI is InChI=1S/C14H25N3O3S/c1-14(2,3)12-5-7-17(10-12)21(19,20)13-9-15-16(11-13)6-4-8-18/h9,11-12,18H,4-8,10H2,1-3H3. The van der Waals surface area contributed by atoms with E-state index >= 15 is 0 Å². The summed E-state index contributed by atoms with van der Waals surface area (Å²) in [5.41, 5.74) is 0.121. The topological polar surface area (TPSA) is 75.4 Å². The molecule has 1 aromatic rings. The molecule has 0 aromatic carbocycles. The number of hydrogen-bond acceptors (Lipinski definition) is 4. The van der Waals surface area contributed by atoms with Crippen LogP contribution >= 0.6 is 0 Å². The van der Waals surface area contributed by atoms with E-state index in [1.165, 1.54) is 6.20 Å². The maximum atomic E-state index is 12.6. The molecular formula is C14H25N3O3S. The Morgan fingerprint density at radius 2 is 2.14 bits per heavy atom. The Hall–Kier alpha value is -0.920. The molecule has 2 rings (SSSR count). The summed E-state index contributed by atoms with van der Waals surface area (Å²) in [4.78, 5) is 0.245. The summed E-state index contributed by atoms with van der Waals surface area (Å²) in [5.74, 6) is 0.386. The van der Waals surface area contributed by atoms with Crippen molar-refractivity contribution < 1.29 is 13.5 Å². The Kier molecular flexibility index (Phi) is 4.75.